The minimum Gasteiger partial charge on any atom is -0.505 e. The molecule has 0 aliphatic carbocycles. The quantitative estimate of drug-likeness (QED) is 0.0570. The number of hydrogen-bond acceptors (Lipinski definition) is 10. The molecule has 236 valence electrons. The van der Waals surface area contributed by atoms with Crippen molar-refractivity contribution in [3.05, 3.63) is 111 Å². The Balaban J connectivity index is 1.33. The Bertz CT molecular complexity index is 2280. The number of phenolic OH excluding ortho intramolecular Hbond substituents is 1. The van der Waals surface area contributed by atoms with Crippen LogP contribution in [0, 0.1) is 13.8 Å². The fourth-order valence-electron chi connectivity index (χ4n) is 5.84. The second kappa shape index (κ2) is 12.1. The number of aliphatic hydroxyl groups is 1. The van der Waals surface area contributed by atoms with E-state index in [1.54, 1.807) is 13.0 Å². The Morgan fingerprint density at radius 1 is 1.06 bits per heavy atom. The van der Waals surface area contributed by atoms with Crippen LogP contribution in [-0.2, 0) is 15.3 Å². The van der Waals surface area contributed by atoms with Crippen LogP contribution in [0.1, 0.15) is 34.1 Å². The molecule has 1 aliphatic rings. The molecule has 13 heteroatoms. The number of carbonyl (C=O) groups excluding carboxylic acids is 2. The van der Waals surface area contributed by atoms with Crippen LogP contribution in [0.2, 0.25) is 0 Å². The van der Waals surface area contributed by atoms with E-state index < -0.39 is 23.5 Å². The monoisotopic (exact) mass is 727 g/mol. The molecule has 0 spiro atoms. The highest BCUT2D eigenvalue weighted by Gasteiger charge is 2.49. The average Bonchev–Trinajstić information content (AvgIpc) is 3.76. The number of phenols is 1. The van der Waals surface area contributed by atoms with Crippen molar-refractivity contribution < 1.29 is 24.5 Å². The third-order valence-electron chi connectivity index (χ3n) is 8.17. The van der Waals surface area contributed by atoms with E-state index in [-0.39, 0.29) is 32.4 Å². The molecule has 1 unspecified atom stereocenters. The third kappa shape index (κ3) is 5.24. The van der Waals surface area contributed by atoms with Gasteiger partial charge in [-0.25, -0.2) is 4.98 Å². The summed E-state index contributed by atoms with van der Waals surface area (Å²) in [7, 11) is 1.40. The fraction of sp³-hybridized carbons (Fsp3) is 0.147. The van der Waals surface area contributed by atoms with E-state index in [1.165, 1.54) is 41.2 Å². The van der Waals surface area contributed by atoms with Gasteiger partial charge in [0.1, 0.15) is 11.3 Å². The molecule has 4 heterocycles. The summed E-state index contributed by atoms with van der Waals surface area (Å²) in [5.74, 6) is -1.61. The molecule has 0 bridgehead atoms. The fourth-order valence-corrected chi connectivity index (χ4v) is 8.17. The van der Waals surface area contributed by atoms with Crippen LogP contribution in [0.3, 0.4) is 0 Å². The molecular weight excluding hydrogens is 702 g/mol. The normalized spacial score (nSPS) is 16.1. The summed E-state index contributed by atoms with van der Waals surface area (Å²) < 4.78 is 8.09. The Hall–Kier alpha value is -4.72. The standard InChI is InChI=1S/C34H26BrN5O5S2/c1-17-8-7-13-39-18(2)26(36-31(17)39)29(42)25-27(21-14-23(35)28(41)24(15-21)45-3)40(32(44)30(25)43)33-37-38-34(47-33)46-16-20-11-6-10-19-9-4-5-12-22(19)20/h4-15,27,41-42H,16H2,1-3H3/b29-25+. The number of nitrogens with zero attached hydrogens (tertiary/aromatic N) is 5. The van der Waals surface area contributed by atoms with Crippen LogP contribution in [0.4, 0.5) is 5.13 Å². The zero-order chi connectivity index (χ0) is 33.0. The van der Waals surface area contributed by atoms with Gasteiger partial charge in [-0.15, -0.1) is 10.2 Å². The largest absolute Gasteiger partial charge is 0.505 e. The number of aromatic hydroxyl groups is 1. The maximum absolute atomic E-state index is 13.8. The molecule has 1 aliphatic heterocycles. The lowest BCUT2D eigenvalue weighted by Crippen LogP contribution is -2.29. The number of halogens is 1. The first-order valence-corrected chi connectivity index (χ1v) is 17.0. The highest BCUT2D eigenvalue weighted by atomic mass is 79.9. The SMILES string of the molecule is COc1cc(C2/C(=C(\O)c3nc4c(C)cccn4c3C)C(=O)C(=O)N2c2nnc(SCc3cccc4ccccc34)s2)cc(Br)c1O. The lowest BCUT2D eigenvalue weighted by molar-refractivity contribution is -0.132. The van der Waals surface area contributed by atoms with Crippen molar-refractivity contribution >= 4 is 78.0 Å². The highest BCUT2D eigenvalue weighted by molar-refractivity contribution is 9.10. The number of aryl methyl sites for hydroxylation is 2. The predicted molar refractivity (Wildman–Crippen MR) is 185 cm³/mol. The number of ether oxygens (including phenoxy) is 1. The molecule has 0 saturated carbocycles. The van der Waals surface area contributed by atoms with Crippen molar-refractivity contribution in [3.8, 4) is 11.5 Å². The summed E-state index contributed by atoms with van der Waals surface area (Å²) in [5, 5.41) is 33.5. The number of carbonyl (C=O) groups is 2. The van der Waals surface area contributed by atoms with Gasteiger partial charge in [-0.1, -0.05) is 71.6 Å². The summed E-state index contributed by atoms with van der Waals surface area (Å²) in [6.45, 7) is 3.68. The van der Waals surface area contributed by atoms with Gasteiger partial charge in [-0.3, -0.25) is 14.5 Å². The van der Waals surface area contributed by atoms with Gasteiger partial charge < -0.3 is 19.4 Å². The van der Waals surface area contributed by atoms with Crippen molar-refractivity contribution in [3.63, 3.8) is 0 Å². The predicted octanol–water partition coefficient (Wildman–Crippen LogP) is 7.35. The summed E-state index contributed by atoms with van der Waals surface area (Å²) in [6.07, 6.45) is 1.82. The number of ketones is 1. The van der Waals surface area contributed by atoms with Crippen molar-refractivity contribution in [1.29, 1.82) is 0 Å². The van der Waals surface area contributed by atoms with E-state index in [1.807, 2.05) is 47.9 Å². The number of imidazole rings is 1. The number of aliphatic hydroxyl groups excluding tert-OH is 1. The number of aromatic nitrogens is 4. The topological polar surface area (TPSA) is 130 Å². The van der Waals surface area contributed by atoms with Crippen molar-refractivity contribution in [1.82, 2.24) is 19.6 Å². The average molecular weight is 729 g/mol. The Kier molecular flexibility index (Phi) is 7.98. The third-order valence-corrected chi connectivity index (χ3v) is 10.9. The number of thioether (sulfide) groups is 1. The highest BCUT2D eigenvalue weighted by Crippen LogP contribution is 2.47. The van der Waals surface area contributed by atoms with E-state index in [0.717, 1.165) is 21.9 Å². The van der Waals surface area contributed by atoms with Gasteiger partial charge in [-0.2, -0.15) is 0 Å². The summed E-state index contributed by atoms with van der Waals surface area (Å²) >= 11 is 6.01. The maximum atomic E-state index is 13.8. The number of anilines is 1. The van der Waals surface area contributed by atoms with Crippen LogP contribution in [0.5, 0.6) is 11.5 Å². The van der Waals surface area contributed by atoms with Gasteiger partial charge >= 0.3 is 5.91 Å². The molecule has 47 heavy (non-hydrogen) atoms. The number of rotatable bonds is 7. The summed E-state index contributed by atoms with van der Waals surface area (Å²) in [6, 6.07) is 20.0. The zero-order valence-electron chi connectivity index (χ0n) is 25.3. The first-order valence-electron chi connectivity index (χ1n) is 14.4. The second-order valence-corrected chi connectivity index (χ2v) is 14.0. The molecule has 1 fully saturated rings. The minimum absolute atomic E-state index is 0.114. The van der Waals surface area contributed by atoms with Gasteiger partial charge in [0.25, 0.3) is 5.78 Å². The van der Waals surface area contributed by atoms with E-state index in [4.69, 9.17) is 4.74 Å². The molecule has 3 aromatic heterocycles. The Morgan fingerprint density at radius 3 is 2.64 bits per heavy atom. The van der Waals surface area contributed by atoms with Gasteiger partial charge in [0, 0.05) is 11.9 Å². The number of amides is 1. The molecule has 3 aromatic carbocycles. The molecule has 0 radical (unpaired) electrons. The molecule has 1 saturated heterocycles. The van der Waals surface area contributed by atoms with E-state index in [9.17, 15) is 19.8 Å². The van der Waals surface area contributed by atoms with Crippen LogP contribution in [0.15, 0.2) is 87.3 Å². The Labute approximate surface area is 285 Å². The van der Waals surface area contributed by atoms with Gasteiger partial charge in [0.05, 0.1) is 28.9 Å². The van der Waals surface area contributed by atoms with Crippen LogP contribution in [-0.4, -0.2) is 48.6 Å². The number of hydrogen-bond donors (Lipinski definition) is 2. The zero-order valence-corrected chi connectivity index (χ0v) is 28.5. The number of methoxy groups -OCH3 is 1. The minimum atomic E-state index is -1.13. The van der Waals surface area contributed by atoms with Gasteiger partial charge in [0.2, 0.25) is 5.13 Å². The molecular formula is C34H26BrN5O5S2. The number of pyridine rings is 1. The van der Waals surface area contributed by atoms with Crippen molar-refractivity contribution in [2.24, 2.45) is 0 Å². The number of benzene rings is 3. The first-order chi connectivity index (χ1) is 22.7. The van der Waals surface area contributed by atoms with Gasteiger partial charge in [0.15, 0.2) is 21.6 Å². The van der Waals surface area contributed by atoms with E-state index in [2.05, 4.69) is 55.4 Å². The maximum Gasteiger partial charge on any atom is 0.301 e. The molecule has 1 atom stereocenters. The van der Waals surface area contributed by atoms with Crippen LogP contribution < -0.4 is 9.64 Å². The summed E-state index contributed by atoms with van der Waals surface area (Å²) in [5.41, 5.74) is 3.62. The smallest absolute Gasteiger partial charge is 0.301 e. The second-order valence-electron chi connectivity index (χ2n) is 10.9. The van der Waals surface area contributed by atoms with Gasteiger partial charge in [-0.05, 0) is 75.4 Å². The van der Waals surface area contributed by atoms with E-state index in [0.29, 0.717) is 27.0 Å². The van der Waals surface area contributed by atoms with Crippen LogP contribution in [0.25, 0.3) is 22.2 Å². The van der Waals surface area contributed by atoms with Crippen molar-refractivity contribution in [2.75, 3.05) is 12.0 Å². The Morgan fingerprint density at radius 2 is 1.85 bits per heavy atom. The molecule has 6 aromatic rings. The molecule has 2 N–H and O–H groups in total. The number of fused-ring (bicyclic) bond motifs is 2. The molecule has 10 nitrogen and oxygen atoms in total. The van der Waals surface area contributed by atoms with E-state index >= 15 is 0 Å². The number of Topliss-reactive ketones (excluding diaryl/α,β-unsaturated/α-hetero) is 1. The lowest BCUT2D eigenvalue weighted by atomic mass is 9.96. The van der Waals surface area contributed by atoms with Crippen molar-refractivity contribution in [2.45, 2.75) is 30.0 Å². The lowest BCUT2D eigenvalue weighted by Gasteiger charge is -2.23. The van der Waals surface area contributed by atoms with Crippen LogP contribution >= 0.6 is 39.0 Å². The molecule has 7 rings (SSSR count). The molecule has 1 amide bonds. The summed E-state index contributed by atoms with van der Waals surface area (Å²) in [4.78, 5) is 33.6. The first kappa shape index (κ1) is 30.9.